The first kappa shape index (κ1) is 21.8. The molecule has 0 aromatic heterocycles. The highest BCUT2D eigenvalue weighted by Crippen LogP contribution is 2.52. The summed E-state index contributed by atoms with van der Waals surface area (Å²) in [5.41, 5.74) is -2.26. The summed E-state index contributed by atoms with van der Waals surface area (Å²) in [5, 5.41) is 15.2. The molecule has 3 rings (SSSR count). The van der Waals surface area contributed by atoms with Gasteiger partial charge in [0.25, 0.3) is 5.72 Å². The Balaban J connectivity index is 1.84. The van der Waals surface area contributed by atoms with Crippen molar-refractivity contribution in [2.75, 3.05) is 0 Å². The fourth-order valence-corrected chi connectivity index (χ4v) is 4.47. The molecule has 1 aliphatic carbocycles. The van der Waals surface area contributed by atoms with Gasteiger partial charge in [-0.25, -0.2) is 0 Å². The van der Waals surface area contributed by atoms with Crippen molar-refractivity contribution in [3.8, 4) is 0 Å². The minimum Gasteiger partial charge on any atom is -0.362 e. The summed E-state index contributed by atoms with van der Waals surface area (Å²) in [5.74, 6) is -1.97. The van der Waals surface area contributed by atoms with E-state index in [1.807, 2.05) is 51.1 Å². The monoisotopic (exact) mass is 410 g/mol. The van der Waals surface area contributed by atoms with Crippen molar-refractivity contribution >= 4 is 11.6 Å². The molecule has 1 amide bonds. The Kier molecular flexibility index (Phi) is 5.82. The average Bonchev–Trinajstić information content (AvgIpc) is 3.00. The standard InChI is InChI=1S/C22H29F3N2O2/c1-4-20(2,3)16-11-12-18-17(14-16)21(29,22(23,24)25)27(26-18)19(28)13-10-15-8-6-5-7-9-15/h5-9,16-17,29H,4,10-14H2,1-3H3/t16-,17+,21-/m1/s1. The number of carbonyl (C=O) groups excluding carboxylic acids is 1. The third-order valence-electron chi connectivity index (χ3n) is 6.85. The number of fused-ring (bicyclic) bond motifs is 1. The third kappa shape index (κ3) is 3.93. The molecular formula is C22H29F3N2O2. The summed E-state index contributed by atoms with van der Waals surface area (Å²) in [6.45, 7) is 6.11. The van der Waals surface area contributed by atoms with Crippen LogP contribution in [0, 0.1) is 17.3 Å². The van der Waals surface area contributed by atoms with E-state index in [1.54, 1.807) is 0 Å². The van der Waals surface area contributed by atoms with Crippen molar-refractivity contribution in [3.63, 3.8) is 0 Å². The molecule has 0 unspecified atom stereocenters. The molecule has 29 heavy (non-hydrogen) atoms. The van der Waals surface area contributed by atoms with E-state index in [0.29, 0.717) is 23.6 Å². The lowest BCUT2D eigenvalue weighted by Crippen LogP contribution is -2.62. The first-order chi connectivity index (χ1) is 13.5. The van der Waals surface area contributed by atoms with Crippen molar-refractivity contribution in [1.82, 2.24) is 5.01 Å². The van der Waals surface area contributed by atoms with Crippen LogP contribution in [0.5, 0.6) is 0 Å². The van der Waals surface area contributed by atoms with Crippen molar-refractivity contribution in [2.24, 2.45) is 22.4 Å². The van der Waals surface area contributed by atoms with E-state index < -0.39 is 23.7 Å². The molecule has 1 aromatic rings. The van der Waals surface area contributed by atoms with Gasteiger partial charge in [-0.3, -0.25) is 4.79 Å². The maximum atomic E-state index is 14.1. The van der Waals surface area contributed by atoms with Crippen molar-refractivity contribution in [1.29, 1.82) is 0 Å². The second-order valence-electron chi connectivity index (χ2n) is 8.87. The molecule has 0 radical (unpaired) electrons. The molecule has 0 saturated heterocycles. The molecule has 1 N–H and O–H groups in total. The average molecular weight is 410 g/mol. The number of benzene rings is 1. The molecule has 160 valence electrons. The van der Waals surface area contributed by atoms with E-state index in [4.69, 9.17) is 0 Å². The second-order valence-corrected chi connectivity index (χ2v) is 8.87. The van der Waals surface area contributed by atoms with Crippen LogP contribution in [0.4, 0.5) is 13.2 Å². The van der Waals surface area contributed by atoms with Gasteiger partial charge in [0.05, 0.1) is 5.92 Å². The zero-order chi connectivity index (χ0) is 21.4. The van der Waals surface area contributed by atoms with Gasteiger partial charge in [-0.05, 0) is 42.6 Å². The number of nitrogens with zero attached hydrogens (tertiary/aromatic N) is 2. The number of hydrogen-bond donors (Lipinski definition) is 1. The van der Waals surface area contributed by atoms with Crippen molar-refractivity contribution < 1.29 is 23.1 Å². The van der Waals surface area contributed by atoms with Gasteiger partial charge in [-0.15, -0.1) is 0 Å². The smallest absolute Gasteiger partial charge is 0.362 e. The fraction of sp³-hybridized carbons (Fsp3) is 0.636. The maximum absolute atomic E-state index is 14.1. The normalized spacial score (nSPS) is 27.6. The van der Waals surface area contributed by atoms with Gasteiger partial charge in [0, 0.05) is 12.1 Å². The van der Waals surface area contributed by atoms with E-state index >= 15 is 0 Å². The predicted octanol–water partition coefficient (Wildman–Crippen LogP) is 4.92. The summed E-state index contributed by atoms with van der Waals surface area (Å²) < 4.78 is 42.2. The largest absolute Gasteiger partial charge is 0.439 e. The van der Waals surface area contributed by atoms with E-state index in [2.05, 4.69) is 5.10 Å². The number of hydrogen-bond acceptors (Lipinski definition) is 3. The Morgan fingerprint density at radius 3 is 2.52 bits per heavy atom. The van der Waals surface area contributed by atoms with Gasteiger partial charge in [-0.2, -0.15) is 23.3 Å². The van der Waals surface area contributed by atoms with Crippen LogP contribution < -0.4 is 0 Å². The van der Waals surface area contributed by atoms with Crippen molar-refractivity contribution in [3.05, 3.63) is 35.9 Å². The zero-order valence-corrected chi connectivity index (χ0v) is 17.2. The Morgan fingerprint density at radius 2 is 1.93 bits per heavy atom. The van der Waals surface area contributed by atoms with Crippen LogP contribution in [0.25, 0.3) is 0 Å². The van der Waals surface area contributed by atoms with Crippen molar-refractivity contribution in [2.45, 2.75) is 71.2 Å². The van der Waals surface area contributed by atoms with Gasteiger partial charge >= 0.3 is 6.18 Å². The molecular weight excluding hydrogens is 381 g/mol. The second kappa shape index (κ2) is 7.74. The SMILES string of the molecule is CCC(C)(C)[C@@H]1CCC2=NN(C(=O)CCc3ccccc3)[C@](O)(C(F)(F)F)[C@H]2C1. The van der Waals surface area contributed by atoms with Crippen LogP contribution >= 0.6 is 0 Å². The highest BCUT2D eigenvalue weighted by Gasteiger charge is 2.69. The number of hydrazone groups is 1. The van der Waals surface area contributed by atoms with Crippen LogP contribution in [0.2, 0.25) is 0 Å². The summed E-state index contributed by atoms with van der Waals surface area (Å²) in [4.78, 5) is 12.7. The minimum absolute atomic E-state index is 0.0321. The Labute approximate surface area is 169 Å². The Bertz CT molecular complexity index is 776. The molecule has 1 aliphatic heterocycles. The van der Waals surface area contributed by atoms with Gasteiger partial charge in [0.15, 0.2) is 0 Å². The van der Waals surface area contributed by atoms with E-state index in [0.717, 1.165) is 18.4 Å². The molecule has 0 bridgehead atoms. The van der Waals surface area contributed by atoms with Crippen LogP contribution in [-0.2, 0) is 11.2 Å². The number of rotatable bonds is 5. The summed E-state index contributed by atoms with van der Waals surface area (Å²) in [6.07, 6.45) is -2.72. The molecule has 1 fully saturated rings. The van der Waals surface area contributed by atoms with Crippen LogP contribution in [-0.4, -0.2) is 33.6 Å². The summed E-state index contributed by atoms with van der Waals surface area (Å²) in [7, 11) is 0. The van der Waals surface area contributed by atoms with Gasteiger partial charge in [0.2, 0.25) is 5.91 Å². The number of amides is 1. The molecule has 3 atom stereocenters. The molecule has 7 heteroatoms. The summed E-state index contributed by atoms with van der Waals surface area (Å²) in [6, 6.07) is 9.09. The highest BCUT2D eigenvalue weighted by atomic mass is 19.4. The highest BCUT2D eigenvalue weighted by molar-refractivity contribution is 5.93. The molecule has 1 heterocycles. The maximum Gasteiger partial charge on any atom is 0.439 e. The topological polar surface area (TPSA) is 52.9 Å². The van der Waals surface area contributed by atoms with E-state index in [1.165, 1.54) is 0 Å². The number of carbonyl (C=O) groups is 1. The zero-order valence-electron chi connectivity index (χ0n) is 17.2. The predicted molar refractivity (Wildman–Crippen MR) is 105 cm³/mol. The Morgan fingerprint density at radius 1 is 1.28 bits per heavy atom. The molecule has 0 spiro atoms. The van der Waals surface area contributed by atoms with Gasteiger partial charge < -0.3 is 5.11 Å². The van der Waals surface area contributed by atoms with Crippen LogP contribution in [0.1, 0.15) is 58.4 Å². The first-order valence-electron chi connectivity index (χ1n) is 10.2. The number of alkyl halides is 3. The number of aliphatic hydroxyl groups is 1. The first-order valence-corrected chi connectivity index (χ1v) is 10.2. The Hall–Kier alpha value is -1.89. The lowest BCUT2D eigenvalue weighted by molar-refractivity contribution is -0.318. The fourth-order valence-electron chi connectivity index (χ4n) is 4.47. The molecule has 4 nitrogen and oxygen atoms in total. The van der Waals surface area contributed by atoms with E-state index in [-0.39, 0.29) is 24.2 Å². The van der Waals surface area contributed by atoms with E-state index in [9.17, 15) is 23.1 Å². The minimum atomic E-state index is -4.98. The van der Waals surface area contributed by atoms with Crippen LogP contribution in [0.15, 0.2) is 35.4 Å². The quantitative estimate of drug-likeness (QED) is 0.749. The molecule has 2 aliphatic rings. The molecule has 1 aromatic carbocycles. The van der Waals surface area contributed by atoms with Gasteiger partial charge in [-0.1, -0.05) is 57.5 Å². The number of aryl methyl sites for hydroxylation is 1. The summed E-state index contributed by atoms with van der Waals surface area (Å²) >= 11 is 0. The third-order valence-corrected chi connectivity index (χ3v) is 6.85. The van der Waals surface area contributed by atoms with Gasteiger partial charge in [0.1, 0.15) is 0 Å². The lowest BCUT2D eigenvalue weighted by atomic mass is 9.64. The van der Waals surface area contributed by atoms with Crippen LogP contribution in [0.3, 0.4) is 0 Å². The lowest BCUT2D eigenvalue weighted by Gasteiger charge is -2.43. The molecule has 1 saturated carbocycles. The number of halogens is 3.